The molecule has 9 nitrogen and oxygen atoms in total. The van der Waals surface area contributed by atoms with Crippen molar-refractivity contribution in [3.63, 3.8) is 0 Å². The van der Waals surface area contributed by atoms with Gasteiger partial charge < -0.3 is 30.7 Å². The highest BCUT2D eigenvalue weighted by atomic mass is 35.5. The second-order valence-corrected chi connectivity index (χ2v) is 6.33. The molecular formula is C16H22ClN3O6. The van der Waals surface area contributed by atoms with Gasteiger partial charge in [0.05, 0.1) is 36.0 Å². The fourth-order valence-corrected chi connectivity index (χ4v) is 3.13. The van der Waals surface area contributed by atoms with Crippen molar-refractivity contribution in [2.24, 2.45) is 0 Å². The molecule has 0 bridgehead atoms. The van der Waals surface area contributed by atoms with E-state index in [-0.39, 0.29) is 35.1 Å². The summed E-state index contributed by atoms with van der Waals surface area (Å²) >= 11 is 5.99. The van der Waals surface area contributed by atoms with Crippen molar-refractivity contribution in [2.75, 3.05) is 33.0 Å². The molecule has 1 heterocycles. The Morgan fingerprint density at radius 1 is 1.42 bits per heavy atom. The van der Waals surface area contributed by atoms with Gasteiger partial charge in [-0.3, -0.25) is 14.5 Å². The number of nitrogen functional groups attached to an aromatic ring is 1. The number of ether oxygens (including phenoxy) is 2. The largest absolute Gasteiger partial charge is 0.496 e. The molecule has 1 saturated heterocycles. The fraction of sp³-hybridized carbons (Fsp3) is 0.500. The van der Waals surface area contributed by atoms with Gasteiger partial charge in [-0.05, 0) is 12.5 Å². The third-order valence-corrected chi connectivity index (χ3v) is 4.61. The van der Waals surface area contributed by atoms with Crippen LogP contribution in [0.25, 0.3) is 0 Å². The molecule has 1 aromatic carbocycles. The number of nitrogens with one attached hydrogen (secondary N) is 1. The molecule has 0 aromatic heterocycles. The summed E-state index contributed by atoms with van der Waals surface area (Å²) in [5.41, 5.74) is 6.20. The van der Waals surface area contributed by atoms with Crippen LogP contribution in [0.2, 0.25) is 5.02 Å². The van der Waals surface area contributed by atoms with E-state index in [2.05, 4.69) is 5.32 Å². The van der Waals surface area contributed by atoms with Gasteiger partial charge in [0, 0.05) is 19.7 Å². The molecule has 3 atom stereocenters. The average Bonchev–Trinajstić information content (AvgIpc) is 2.59. The van der Waals surface area contributed by atoms with E-state index in [0.717, 1.165) is 0 Å². The molecule has 1 aliphatic rings. The third kappa shape index (κ3) is 4.36. The highest BCUT2D eigenvalue weighted by Crippen LogP contribution is 2.29. The van der Waals surface area contributed by atoms with E-state index < -0.39 is 30.3 Å². The Kier molecular flexibility index (Phi) is 6.65. The van der Waals surface area contributed by atoms with Crippen LogP contribution in [0.5, 0.6) is 5.75 Å². The van der Waals surface area contributed by atoms with E-state index >= 15 is 0 Å². The number of likely N-dealkylation sites (tertiary alicyclic amines) is 1. The monoisotopic (exact) mass is 387 g/mol. The van der Waals surface area contributed by atoms with Gasteiger partial charge in [-0.25, -0.2) is 0 Å². The molecule has 26 heavy (non-hydrogen) atoms. The fourth-order valence-electron chi connectivity index (χ4n) is 2.97. The number of methoxy groups -OCH3 is 2. The molecule has 5 N–H and O–H groups in total. The minimum Gasteiger partial charge on any atom is -0.496 e. The maximum absolute atomic E-state index is 12.6. The Morgan fingerprint density at radius 3 is 2.69 bits per heavy atom. The Hall–Kier alpha value is -2.07. The molecule has 1 aromatic rings. The predicted octanol–water partition coefficient (Wildman–Crippen LogP) is 0.153. The first-order valence-electron chi connectivity index (χ1n) is 7.89. The molecule has 0 radical (unpaired) electrons. The predicted molar refractivity (Wildman–Crippen MR) is 94.3 cm³/mol. The van der Waals surface area contributed by atoms with E-state index in [9.17, 15) is 14.7 Å². The van der Waals surface area contributed by atoms with Crippen LogP contribution in [-0.2, 0) is 9.53 Å². The molecule has 0 spiro atoms. The zero-order valence-electron chi connectivity index (χ0n) is 14.4. The summed E-state index contributed by atoms with van der Waals surface area (Å²) in [6, 6.07) is 2.34. The second-order valence-electron chi connectivity index (χ2n) is 5.92. The Balaban J connectivity index is 2.16. The van der Waals surface area contributed by atoms with Crippen molar-refractivity contribution in [1.29, 1.82) is 0 Å². The first-order valence-corrected chi connectivity index (χ1v) is 8.26. The number of nitrogens with two attached hydrogens (primary N) is 1. The zero-order chi connectivity index (χ0) is 19.4. The highest BCUT2D eigenvalue weighted by molar-refractivity contribution is 6.33. The number of hydrogen-bond acceptors (Lipinski definition) is 7. The van der Waals surface area contributed by atoms with Crippen molar-refractivity contribution in [2.45, 2.75) is 24.8 Å². The van der Waals surface area contributed by atoms with Crippen LogP contribution in [0.15, 0.2) is 12.1 Å². The van der Waals surface area contributed by atoms with Crippen LogP contribution in [0.1, 0.15) is 16.8 Å². The molecule has 1 amide bonds. The Bertz CT molecular complexity index is 686. The van der Waals surface area contributed by atoms with Gasteiger partial charge in [0.1, 0.15) is 18.1 Å². The second kappa shape index (κ2) is 8.54. The quantitative estimate of drug-likeness (QED) is 0.507. The number of carboxylic acids is 1. The van der Waals surface area contributed by atoms with Crippen molar-refractivity contribution < 1.29 is 29.3 Å². The Labute approximate surface area is 155 Å². The number of hydrogen-bond donors (Lipinski definition) is 4. The number of aliphatic hydroxyl groups is 1. The number of nitrogens with zero attached hydrogens (tertiary/aromatic N) is 1. The average molecular weight is 388 g/mol. The Morgan fingerprint density at radius 2 is 2.12 bits per heavy atom. The summed E-state index contributed by atoms with van der Waals surface area (Å²) in [5.74, 6) is -1.25. The lowest BCUT2D eigenvalue weighted by molar-refractivity contribution is -0.156. The summed E-state index contributed by atoms with van der Waals surface area (Å²) in [6.45, 7) is -0.0268. The van der Waals surface area contributed by atoms with E-state index in [0.29, 0.717) is 6.42 Å². The standard InChI is InChI=1S/C16H22ClN3O6/c1-25-12-6-10(18)9(17)5-8(12)15(23)19-11-3-4-20(7-13(21)22)16(24)14(11)26-2/h5-6,11,14,16,24H,3-4,7,18H2,1-2H3,(H,19,23)(H,21,22)/t11?,14-,16+/m0/s1. The lowest BCUT2D eigenvalue weighted by Gasteiger charge is -2.41. The molecule has 1 unspecified atom stereocenters. The number of aliphatic carboxylic acids is 1. The van der Waals surface area contributed by atoms with Crippen molar-refractivity contribution in [3.05, 3.63) is 22.7 Å². The van der Waals surface area contributed by atoms with Gasteiger partial charge in [0.15, 0.2) is 0 Å². The minimum absolute atomic E-state index is 0.198. The number of carbonyl (C=O) groups excluding carboxylic acids is 1. The van der Waals surface area contributed by atoms with Crippen LogP contribution < -0.4 is 15.8 Å². The van der Waals surface area contributed by atoms with Crippen LogP contribution in [0.4, 0.5) is 5.69 Å². The topological polar surface area (TPSA) is 134 Å². The molecule has 0 aliphatic carbocycles. The summed E-state index contributed by atoms with van der Waals surface area (Å²) < 4.78 is 10.5. The lowest BCUT2D eigenvalue weighted by atomic mass is 9.99. The maximum Gasteiger partial charge on any atom is 0.317 e. The number of halogens is 1. The smallest absolute Gasteiger partial charge is 0.317 e. The molecule has 10 heteroatoms. The number of aliphatic hydroxyl groups excluding tert-OH is 1. The molecule has 1 aliphatic heterocycles. The number of piperidine rings is 1. The molecule has 144 valence electrons. The molecular weight excluding hydrogens is 366 g/mol. The summed E-state index contributed by atoms with van der Waals surface area (Å²) in [7, 11) is 2.80. The number of carboxylic acid groups (broad SMARTS) is 1. The van der Waals surface area contributed by atoms with E-state index in [1.54, 1.807) is 0 Å². The lowest BCUT2D eigenvalue weighted by Crippen LogP contribution is -2.61. The highest BCUT2D eigenvalue weighted by Gasteiger charge is 2.39. The molecule has 2 rings (SSSR count). The molecule has 1 fully saturated rings. The number of anilines is 1. The number of carbonyl (C=O) groups is 2. The number of amides is 1. The van der Waals surface area contributed by atoms with Gasteiger partial charge >= 0.3 is 5.97 Å². The van der Waals surface area contributed by atoms with Crippen LogP contribution in [0.3, 0.4) is 0 Å². The first-order chi connectivity index (χ1) is 12.3. The SMILES string of the molecule is COc1cc(N)c(Cl)cc1C(=O)NC1CCN(CC(=O)O)[C@H](O)[C@H]1OC. The van der Waals surface area contributed by atoms with E-state index in [1.165, 1.54) is 31.3 Å². The van der Waals surface area contributed by atoms with Gasteiger partial charge in [0.25, 0.3) is 5.91 Å². The summed E-state index contributed by atoms with van der Waals surface area (Å²) in [4.78, 5) is 24.9. The maximum atomic E-state index is 12.6. The van der Waals surface area contributed by atoms with E-state index in [1.807, 2.05) is 0 Å². The van der Waals surface area contributed by atoms with Gasteiger partial charge in [-0.2, -0.15) is 0 Å². The van der Waals surface area contributed by atoms with Crippen LogP contribution in [0, 0.1) is 0 Å². The van der Waals surface area contributed by atoms with Crippen molar-refractivity contribution in [3.8, 4) is 5.75 Å². The third-order valence-electron chi connectivity index (χ3n) is 4.28. The number of benzene rings is 1. The van der Waals surface area contributed by atoms with Gasteiger partial charge in [-0.15, -0.1) is 0 Å². The van der Waals surface area contributed by atoms with Gasteiger partial charge in [0.2, 0.25) is 0 Å². The first kappa shape index (κ1) is 20.2. The summed E-state index contributed by atoms with van der Waals surface area (Å²) in [6.07, 6.45) is -1.55. The van der Waals surface area contributed by atoms with Gasteiger partial charge in [-0.1, -0.05) is 11.6 Å². The zero-order valence-corrected chi connectivity index (χ0v) is 15.2. The summed E-state index contributed by atoms with van der Waals surface area (Å²) in [5, 5.41) is 22.2. The minimum atomic E-state index is -1.16. The number of rotatable bonds is 6. The van der Waals surface area contributed by atoms with Crippen LogP contribution in [-0.4, -0.2) is 72.7 Å². The van der Waals surface area contributed by atoms with Crippen molar-refractivity contribution >= 4 is 29.2 Å². The van der Waals surface area contributed by atoms with Crippen molar-refractivity contribution in [1.82, 2.24) is 10.2 Å². The molecule has 0 saturated carbocycles. The normalized spacial score (nSPS) is 23.5. The van der Waals surface area contributed by atoms with Crippen LogP contribution >= 0.6 is 11.6 Å². The van der Waals surface area contributed by atoms with E-state index in [4.69, 9.17) is 31.9 Å².